The lowest BCUT2D eigenvalue weighted by Gasteiger charge is -2.36. The molecule has 0 aliphatic rings. The van der Waals surface area contributed by atoms with Crippen LogP contribution in [-0.2, 0) is 60.3 Å². The predicted molar refractivity (Wildman–Crippen MR) is 238 cm³/mol. The van der Waals surface area contributed by atoms with E-state index in [1.165, 1.54) is 0 Å². The second kappa shape index (κ2) is 27.8. The summed E-state index contributed by atoms with van der Waals surface area (Å²) in [5, 5.41) is 0. The van der Waals surface area contributed by atoms with Crippen LogP contribution in [-0.4, -0.2) is 78.2 Å². The highest BCUT2D eigenvalue weighted by molar-refractivity contribution is 7.52. The van der Waals surface area contributed by atoms with Crippen molar-refractivity contribution in [3.05, 3.63) is 89.5 Å². The van der Waals surface area contributed by atoms with Crippen molar-refractivity contribution in [2.75, 3.05) is 66.5 Å². The van der Waals surface area contributed by atoms with E-state index in [4.69, 9.17) is 54.9 Å². The quantitative estimate of drug-likeness (QED) is 0.0318. The first-order chi connectivity index (χ1) is 29.1. The maximum absolute atomic E-state index is 9.75. The van der Waals surface area contributed by atoms with Gasteiger partial charge in [0, 0.05) is 16.7 Å². The number of halogens is 4. The van der Waals surface area contributed by atoms with Crippen LogP contribution in [0.1, 0.15) is 79.0 Å². The van der Waals surface area contributed by atoms with Crippen LogP contribution in [0.4, 0.5) is 34.3 Å². The van der Waals surface area contributed by atoms with E-state index in [0.29, 0.717) is 83.6 Å². The third-order valence-corrected chi connectivity index (χ3v) is 14.6. The monoisotopic (exact) mass is 926 g/mol. The lowest BCUT2D eigenvalue weighted by Crippen LogP contribution is -2.41. The zero-order valence-corrected chi connectivity index (χ0v) is 40.0. The maximum atomic E-state index is 9.75. The molecule has 0 aliphatic heterocycles. The van der Waals surface area contributed by atoms with Gasteiger partial charge in [-0.15, -0.1) is 0 Å². The van der Waals surface area contributed by atoms with Gasteiger partial charge in [-0.25, -0.2) is 0 Å². The molecule has 61 heavy (non-hydrogen) atoms. The molecule has 3 aromatic rings. The first kappa shape index (κ1) is 54.9. The molecule has 0 bridgehead atoms. The van der Waals surface area contributed by atoms with E-state index in [0.717, 1.165) is 33.8 Å². The van der Waals surface area contributed by atoms with E-state index in [1.54, 1.807) is 0 Å². The average Bonchev–Trinajstić information content (AvgIpc) is 3.17. The first-order valence-corrected chi connectivity index (χ1v) is 25.2. The summed E-state index contributed by atoms with van der Waals surface area (Å²) >= 11 is 0. The first-order valence-electron chi connectivity index (χ1n) is 20.7. The molecule has 13 nitrogen and oxygen atoms in total. The molecule has 0 aliphatic carbocycles. The summed E-state index contributed by atoms with van der Waals surface area (Å²) in [6.07, 6.45) is 0. The number of quaternary nitrogens is 1. The highest BCUT2D eigenvalue weighted by Crippen LogP contribution is 2.58. The summed E-state index contributed by atoms with van der Waals surface area (Å²) < 4.78 is 110. The van der Waals surface area contributed by atoms with E-state index in [-0.39, 0.29) is 0 Å². The van der Waals surface area contributed by atoms with Crippen molar-refractivity contribution in [2.45, 2.75) is 81.9 Å². The normalized spacial score (nSPS) is 12.5. The van der Waals surface area contributed by atoms with Crippen LogP contribution < -0.4 is 0 Å². The van der Waals surface area contributed by atoms with Crippen LogP contribution in [0.3, 0.4) is 0 Å². The number of rotatable bonds is 27. The predicted octanol–water partition coefficient (Wildman–Crippen LogP) is 14.4. The maximum Gasteiger partial charge on any atom is 0.673 e. The molecule has 0 spiro atoms. The molecular weight excluding hydrogens is 860 g/mol. The molecular formula is C40H66BF4N4O9P3. The highest BCUT2D eigenvalue weighted by Gasteiger charge is 2.32. The number of hydrogen-bond acceptors (Lipinski definition) is 12. The Hall–Kier alpha value is -2.27. The number of nitrogens with zero attached hydrogens (tertiary/aromatic N) is 4. The molecule has 3 rings (SSSR count). The molecule has 0 unspecified atom stereocenters. The Labute approximate surface area is 361 Å². The Morgan fingerprint density at radius 3 is 0.754 bits per heavy atom. The molecule has 0 saturated heterocycles. The van der Waals surface area contributed by atoms with Crippen LogP contribution in [0.5, 0.6) is 0 Å². The summed E-state index contributed by atoms with van der Waals surface area (Å²) in [6, 6.07) is 24.3. The van der Waals surface area contributed by atoms with Gasteiger partial charge in [-0.1, -0.05) is 54.6 Å². The van der Waals surface area contributed by atoms with Crippen LogP contribution in [0, 0.1) is 0 Å². The van der Waals surface area contributed by atoms with Crippen LogP contribution in [0.15, 0.2) is 87.0 Å². The summed E-state index contributed by atoms with van der Waals surface area (Å²) in [7, 11) is -12.9. The van der Waals surface area contributed by atoms with Gasteiger partial charge >= 0.3 is 30.5 Å². The van der Waals surface area contributed by atoms with Crippen molar-refractivity contribution < 1.29 is 62.5 Å². The minimum absolute atomic E-state index is 0.401. The topological polar surface area (TPSA) is 120 Å². The molecule has 0 aromatic heterocycles. The van der Waals surface area contributed by atoms with Gasteiger partial charge in [-0.3, -0.25) is 0 Å². The van der Waals surface area contributed by atoms with Crippen LogP contribution >= 0.6 is 23.2 Å². The van der Waals surface area contributed by atoms with Gasteiger partial charge in [0.1, 0.15) is 19.6 Å². The number of hydrogen-bond donors (Lipinski definition) is 0. The van der Waals surface area contributed by atoms with E-state index in [9.17, 15) is 17.3 Å². The third kappa shape index (κ3) is 19.2. The lowest BCUT2D eigenvalue weighted by atomic mass is 10.1. The fourth-order valence-electron chi connectivity index (χ4n) is 6.09. The fourth-order valence-corrected chi connectivity index (χ4v) is 11.6. The van der Waals surface area contributed by atoms with Gasteiger partial charge in [0.2, 0.25) is 0 Å². The molecule has 346 valence electrons. The zero-order valence-electron chi connectivity index (χ0n) is 37.3. The van der Waals surface area contributed by atoms with Gasteiger partial charge in [-0.2, -0.15) is 14.2 Å². The van der Waals surface area contributed by atoms with E-state index < -0.39 is 30.5 Å². The largest absolute Gasteiger partial charge is 0.673 e. The summed E-state index contributed by atoms with van der Waals surface area (Å²) in [5.74, 6) is 0. The molecule has 0 fully saturated rings. The Bertz CT molecular complexity index is 1640. The Balaban J connectivity index is 0.00000241. The molecule has 0 saturated carbocycles. The van der Waals surface area contributed by atoms with Crippen LogP contribution in [0.25, 0.3) is 0 Å². The second-order valence-corrected chi connectivity index (χ2v) is 18.7. The average molecular weight is 927 g/mol. The van der Waals surface area contributed by atoms with Gasteiger partial charge in [-0.05, 0) is 80.5 Å². The van der Waals surface area contributed by atoms with Crippen molar-refractivity contribution in [3.63, 3.8) is 0 Å². The molecule has 0 atom stereocenters. The Morgan fingerprint density at radius 1 is 0.393 bits per heavy atom. The molecule has 21 heteroatoms. The molecule has 3 aromatic carbocycles. The van der Waals surface area contributed by atoms with Gasteiger partial charge in [0.25, 0.3) is 0 Å². The minimum atomic E-state index is -6.00. The Morgan fingerprint density at radius 2 is 0.574 bits per heavy atom. The highest BCUT2D eigenvalue weighted by atomic mass is 31.2. The van der Waals surface area contributed by atoms with Crippen molar-refractivity contribution >= 4 is 47.5 Å². The molecule has 0 N–H and O–H groups in total. The van der Waals surface area contributed by atoms with E-state index >= 15 is 0 Å². The smallest absolute Gasteiger partial charge is 0.418 e. The summed E-state index contributed by atoms with van der Waals surface area (Å²) in [6.45, 7) is 22.6. The standard InChI is InChI=1S/C40H66N4O9P3.BF4/c1-11-45-54(46-12-2,47-13-3)41-38-29-23-20-26-35(38)32-44(10,33-36-27-21-24-30-39(36)42-55(48-14-4,49-15-5)50-16-6)34-37-28-22-25-31-40(37)43-56(51-17-7,52-18-8)53-19-9;2-1(3,4)5/h20-31H,11-19,32-34H2,1-10H3;/q+1;-1. The SMILES string of the molecule is CCOP(=Nc1ccccc1C[N+](C)(Cc1ccccc1N=P(OCC)(OCC)OCC)Cc1ccccc1N=P(OCC)(OCC)OCC)(OCC)OCC.F[B-](F)(F)F. The second-order valence-electron chi connectivity index (χ2n) is 12.9. The van der Waals surface area contributed by atoms with E-state index in [2.05, 4.69) is 25.2 Å². The van der Waals surface area contributed by atoms with Gasteiger partial charge < -0.3 is 62.5 Å². The summed E-state index contributed by atoms with van der Waals surface area (Å²) in [4.78, 5) is 0. The van der Waals surface area contributed by atoms with Crippen LogP contribution in [0.2, 0.25) is 0 Å². The lowest BCUT2D eigenvalue weighted by molar-refractivity contribution is -0.948. The van der Waals surface area contributed by atoms with Crippen molar-refractivity contribution in [1.82, 2.24) is 0 Å². The molecule has 0 heterocycles. The molecule has 0 radical (unpaired) electrons. The Kier molecular flexibility index (Phi) is 25.0. The minimum Gasteiger partial charge on any atom is -0.418 e. The van der Waals surface area contributed by atoms with Crippen molar-refractivity contribution in [1.29, 1.82) is 0 Å². The van der Waals surface area contributed by atoms with Crippen molar-refractivity contribution in [2.24, 2.45) is 14.2 Å². The third-order valence-electron chi connectivity index (χ3n) is 7.95. The van der Waals surface area contributed by atoms with E-state index in [1.807, 2.05) is 117 Å². The van der Waals surface area contributed by atoms with Gasteiger partial charge in [0.15, 0.2) is 0 Å². The summed E-state index contributed by atoms with van der Waals surface area (Å²) in [5.41, 5.74) is 5.25. The van der Waals surface area contributed by atoms with Gasteiger partial charge in [0.05, 0.1) is 83.6 Å². The molecule has 0 amide bonds. The fraction of sp³-hybridized carbons (Fsp3) is 0.550. The zero-order chi connectivity index (χ0) is 45.4. The number of benzene rings is 3. The van der Waals surface area contributed by atoms with Crippen molar-refractivity contribution in [3.8, 4) is 0 Å².